The van der Waals surface area contributed by atoms with Gasteiger partial charge >= 0.3 is 0 Å². The second kappa shape index (κ2) is 3.59. The monoisotopic (exact) mass is 204 g/mol. The minimum absolute atomic E-state index is 0.0137. The molecule has 0 aromatic heterocycles. The fourth-order valence-corrected chi connectivity index (χ4v) is 1.84. The molecule has 0 bridgehead atoms. The molecule has 0 aliphatic heterocycles. The minimum Gasteiger partial charge on any atom is -0.373 e. The van der Waals surface area contributed by atoms with Crippen molar-refractivity contribution in [3.63, 3.8) is 0 Å². The number of methoxy groups -OCH3 is 1. The molecule has 1 aromatic carbocycles. The van der Waals surface area contributed by atoms with Crippen LogP contribution in [-0.2, 0) is 4.74 Å². The molecule has 1 atom stereocenters. The summed E-state index contributed by atoms with van der Waals surface area (Å²) >= 11 is 0. The third kappa shape index (κ3) is 1.59. The van der Waals surface area contributed by atoms with E-state index in [-0.39, 0.29) is 18.0 Å². The normalized spacial score (nSPS) is 20.3. The molecule has 0 N–H and O–H groups in total. The van der Waals surface area contributed by atoms with Crippen LogP contribution in [0.15, 0.2) is 18.2 Å². The van der Waals surface area contributed by atoms with Crippen LogP contribution in [0.5, 0.6) is 0 Å². The van der Waals surface area contributed by atoms with Crippen molar-refractivity contribution in [2.24, 2.45) is 0 Å². The summed E-state index contributed by atoms with van der Waals surface area (Å²) in [6.07, 6.45) is -0.445. The molecular weight excluding hydrogens is 192 g/mol. The predicted molar refractivity (Wildman–Crippen MR) is 55.3 cm³/mol. The van der Waals surface area contributed by atoms with Gasteiger partial charge in [0.25, 0.3) is 0 Å². The fraction of sp³-hybridized carbons (Fsp3) is 0.333. The average Bonchev–Trinajstić information content (AvgIpc) is 2.23. The summed E-state index contributed by atoms with van der Waals surface area (Å²) in [5, 5.41) is 0. The van der Waals surface area contributed by atoms with Gasteiger partial charge in [-0.3, -0.25) is 9.59 Å². The van der Waals surface area contributed by atoms with Gasteiger partial charge in [0.2, 0.25) is 0 Å². The number of hydrogen-bond donors (Lipinski definition) is 0. The van der Waals surface area contributed by atoms with Gasteiger partial charge in [0.1, 0.15) is 6.10 Å². The maximum Gasteiger partial charge on any atom is 0.192 e. The van der Waals surface area contributed by atoms with Crippen LogP contribution in [0.3, 0.4) is 0 Å². The Kier molecular flexibility index (Phi) is 2.40. The van der Waals surface area contributed by atoms with E-state index >= 15 is 0 Å². The van der Waals surface area contributed by atoms with Crippen molar-refractivity contribution in [3.05, 3.63) is 34.9 Å². The van der Waals surface area contributed by atoms with Gasteiger partial charge in [-0.15, -0.1) is 0 Å². The fourth-order valence-electron chi connectivity index (χ4n) is 1.84. The first kappa shape index (κ1) is 10.1. The molecule has 1 aliphatic carbocycles. The lowest BCUT2D eigenvalue weighted by atomic mass is 9.87. The Morgan fingerprint density at radius 1 is 1.27 bits per heavy atom. The van der Waals surface area contributed by atoms with Crippen molar-refractivity contribution in [3.8, 4) is 0 Å². The van der Waals surface area contributed by atoms with Gasteiger partial charge in [-0.25, -0.2) is 0 Å². The number of aryl methyl sites for hydroxylation is 1. The van der Waals surface area contributed by atoms with Crippen molar-refractivity contribution in [2.45, 2.75) is 19.4 Å². The van der Waals surface area contributed by atoms with E-state index in [1.807, 2.05) is 13.0 Å². The number of rotatable bonds is 1. The smallest absolute Gasteiger partial charge is 0.192 e. The van der Waals surface area contributed by atoms with Gasteiger partial charge in [-0.2, -0.15) is 0 Å². The summed E-state index contributed by atoms with van der Waals surface area (Å²) in [5.74, 6) is -0.104. The van der Waals surface area contributed by atoms with Gasteiger partial charge < -0.3 is 4.74 Å². The lowest BCUT2D eigenvalue weighted by molar-refractivity contribution is 0.0519. The third-order valence-corrected chi connectivity index (χ3v) is 2.69. The molecule has 15 heavy (non-hydrogen) atoms. The number of fused-ring (bicyclic) bond motifs is 1. The van der Waals surface area contributed by atoms with E-state index in [9.17, 15) is 9.59 Å². The summed E-state index contributed by atoms with van der Waals surface area (Å²) < 4.78 is 4.99. The largest absolute Gasteiger partial charge is 0.373 e. The van der Waals surface area contributed by atoms with Crippen LogP contribution in [0, 0.1) is 6.92 Å². The minimum atomic E-state index is -0.604. The Morgan fingerprint density at radius 3 is 2.67 bits per heavy atom. The highest BCUT2D eigenvalue weighted by molar-refractivity contribution is 6.16. The molecule has 78 valence electrons. The van der Waals surface area contributed by atoms with Crippen molar-refractivity contribution in [1.29, 1.82) is 0 Å². The molecule has 3 heteroatoms. The summed E-state index contributed by atoms with van der Waals surface area (Å²) in [7, 11) is 1.45. The van der Waals surface area contributed by atoms with E-state index in [2.05, 4.69) is 0 Å². The molecule has 1 aliphatic rings. The Hall–Kier alpha value is -1.48. The van der Waals surface area contributed by atoms with Crippen LogP contribution in [0.25, 0.3) is 0 Å². The molecule has 0 fully saturated rings. The van der Waals surface area contributed by atoms with Crippen LogP contribution < -0.4 is 0 Å². The predicted octanol–water partition coefficient (Wildman–Crippen LogP) is 1.78. The number of benzene rings is 1. The van der Waals surface area contributed by atoms with Gasteiger partial charge in [0.15, 0.2) is 11.6 Å². The topological polar surface area (TPSA) is 43.4 Å². The Bertz CT molecular complexity index is 434. The Morgan fingerprint density at radius 2 is 2.00 bits per heavy atom. The van der Waals surface area contributed by atoms with Crippen molar-refractivity contribution >= 4 is 11.6 Å². The SMILES string of the molecule is COC1CC(=O)c2cc(C)ccc2C1=O. The highest BCUT2D eigenvalue weighted by Gasteiger charge is 2.32. The van der Waals surface area contributed by atoms with Gasteiger partial charge in [0, 0.05) is 24.7 Å². The molecule has 0 spiro atoms. The summed E-state index contributed by atoms with van der Waals surface area (Å²) in [6.45, 7) is 1.90. The molecule has 0 amide bonds. The molecule has 1 unspecified atom stereocenters. The highest BCUT2D eigenvalue weighted by Crippen LogP contribution is 2.23. The first-order chi connectivity index (χ1) is 7.13. The van der Waals surface area contributed by atoms with E-state index in [1.165, 1.54) is 7.11 Å². The first-order valence-electron chi connectivity index (χ1n) is 4.84. The first-order valence-corrected chi connectivity index (χ1v) is 4.84. The standard InChI is InChI=1S/C12H12O3/c1-7-3-4-8-9(5-7)10(13)6-11(15-2)12(8)14/h3-5,11H,6H2,1-2H3. The van der Waals surface area contributed by atoms with Gasteiger partial charge in [-0.05, 0) is 13.0 Å². The zero-order valence-corrected chi connectivity index (χ0v) is 8.74. The second-order valence-electron chi connectivity index (χ2n) is 3.76. The van der Waals surface area contributed by atoms with Crippen LogP contribution >= 0.6 is 0 Å². The van der Waals surface area contributed by atoms with E-state index < -0.39 is 6.10 Å². The van der Waals surface area contributed by atoms with Crippen molar-refractivity contribution < 1.29 is 14.3 Å². The van der Waals surface area contributed by atoms with Crippen LogP contribution in [0.1, 0.15) is 32.7 Å². The summed E-state index contributed by atoms with van der Waals surface area (Å²) in [6, 6.07) is 5.31. The summed E-state index contributed by atoms with van der Waals surface area (Å²) in [4.78, 5) is 23.5. The molecule has 1 aromatic rings. The van der Waals surface area contributed by atoms with Crippen LogP contribution in [0.2, 0.25) is 0 Å². The number of Topliss-reactive ketones (excluding diaryl/α,β-unsaturated/α-hetero) is 2. The number of hydrogen-bond acceptors (Lipinski definition) is 3. The van der Waals surface area contributed by atoms with E-state index in [0.29, 0.717) is 11.1 Å². The molecule has 3 nitrogen and oxygen atoms in total. The molecule has 0 heterocycles. The Labute approximate surface area is 88.1 Å². The zero-order valence-electron chi connectivity index (χ0n) is 8.74. The lowest BCUT2D eigenvalue weighted by Crippen LogP contribution is -2.32. The van der Waals surface area contributed by atoms with Crippen LogP contribution in [-0.4, -0.2) is 24.8 Å². The molecule has 2 rings (SSSR count). The van der Waals surface area contributed by atoms with E-state index in [1.54, 1.807) is 12.1 Å². The number of ketones is 2. The maximum absolute atomic E-state index is 11.8. The summed E-state index contributed by atoms with van der Waals surface area (Å²) in [5.41, 5.74) is 2.02. The lowest BCUT2D eigenvalue weighted by Gasteiger charge is -2.21. The zero-order chi connectivity index (χ0) is 11.0. The Balaban J connectivity index is 2.54. The quantitative estimate of drug-likeness (QED) is 0.700. The molecular formula is C12H12O3. The molecule has 0 saturated carbocycles. The highest BCUT2D eigenvalue weighted by atomic mass is 16.5. The number of ether oxygens (including phenoxy) is 1. The number of carbonyl (C=O) groups excluding carboxylic acids is 2. The average molecular weight is 204 g/mol. The second-order valence-corrected chi connectivity index (χ2v) is 3.76. The number of carbonyl (C=O) groups is 2. The third-order valence-electron chi connectivity index (χ3n) is 2.69. The van der Waals surface area contributed by atoms with Gasteiger partial charge in [-0.1, -0.05) is 17.7 Å². The van der Waals surface area contributed by atoms with Crippen molar-refractivity contribution in [1.82, 2.24) is 0 Å². The van der Waals surface area contributed by atoms with Crippen molar-refractivity contribution in [2.75, 3.05) is 7.11 Å². The molecule has 0 saturated heterocycles. The van der Waals surface area contributed by atoms with Gasteiger partial charge in [0.05, 0.1) is 0 Å². The van der Waals surface area contributed by atoms with E-state index in [0.717, 1.165) is 5.56 Å². The van der Waals surface area contributed by atoms with Crippen LogP contribution in [0.4, 0.5) is 0 Å². The molecule has 0 radical (unpaired) electrons. The van der Waals surface area contributed by atoms with E-state index in [4.69, 9.17) is 4.74 Å². The maximum atomic E-state index is 11.8.